The Morgan fingerprint density at radius 2 is 2.31 bits per heavy atom. The summed E-state index contributed by atoms with van der Waals surface area (Å²) in [4.78, 5) is 6.81. The topological polar surface area (TPSA) is 48.9 Å². The van der Waals surface area contributed by atoms with Gasteiger partial charge < -0.3 is 10.1 Å². The van der Waals surface area contributed by atoms with Crippen molar-refractivity contribution in [1.29, 1.82) is 0 Å². The summed E-state index contributed by atoms with van der Waals surface area (Å²) in [6.45, 7) is 0. The average molecular weight is 241 g/mol. The number of halogens is 2. The van der Waals surface area contributed by atoms with E-state index in [0.717, 1.165) is 0 Å². The Balaban J connectivity index is 2.20. The van der Waals surface area contributed by atoms with Crippen LogP contribution in [0.3, 0.4) is 0 Å². The van der Waals surface area contributed by atoms with E-state index in [0.29, 0.717) is 10.8 Å². The number of hydrogen-bond acceptors (Lipinski definition) is 2. The molecule has 5 heteroatoms. The normalized spacial score (nSPS) is 12.7. The van der Waals surface area contributed by atoms with Crippen LogP contribution < -0.4 is 0 Å². The molecule has 0 bridgehead atoms. The van der Waals surface area contributed by atoms with Crippen molar-refractivity contribution in [2.45, 2.75) is 12.5 Å². The first-order valence-corrected chi connectivity index (χ1v) is 5.16. The van der Waals surface area contributed by atoms with Crippen LogP contribution in [0.25, 0.3) is 0 Å². The molecule has 0 aliphatic rings. The van der Waals surface area contributed by atoms with Gasteiger partial charge in [0.05, 0.1) is 6.10 Å². The first-order valence-electron chi connectivity index (χ1n) is 4.78. The van der Waals surface area contributed by atoms with Gasteiger partial charge in [0.25, 0.3) is 0 Å². The number of hydrogen-bond donors (Lipinski definition) is 2. The van der Waals surface area contributed by atoms with E-state index in [1.54, 1.807) is 12.4 Å². The highest BCUT2D eigenvalue weighted by Crippen LogP contribution is 2.23. The maximum atomic E-state index is 13.4. The number of aliphatic hydroxyl groups excluding tert-OH is 1. The fourth-order valence-electron chi connectivity index (χ4n) is 1.47. The van der Waals surface area contributed by atoms with Crippen LogP contribution in [0.15, 0.2) is 30.6 Å². The maximum absolute atomic E-state index is 13.4. The van der Waals surface area contributed by atoms with Crippen LogP contribution in [-0.4, -0.2) is 15.1 Å². The number of nitrogens with zero attached hydrogens (tertiary/aromatic N) is 1. The highest BCUT2D eigenvalue weighted by atomic mass is 35.5. The minimum absolute atomic E-state index is 0.184. The summed E-state index contributed by atoms with van der Waals surface area (Å²) in [7, 11) is 0. The van der Waals surface area contributed by atoms with E-state index in [1.807, 2.05) is 0 Å². The zero-order valence-corrected chi connectivity index (χ0v) is 9.08. The van der Waals surface area contributed by atoms with Gasteiger partial charge in [-0.15, -0.1) is 0 Å². The van der Waals surface area contributed by atoms with Gasteiger partial charge in [0.2, 0.25) is 0 Å². The Bertz CT molecular complexity index is 473. The smallest absolute Gasteiger partial charge is 0.129 e. The number of aromatic nitrogens is 2. The third-order valence-corrected chi connectivity index (χ3v) is 2.49. The van der Waals surface area contributed by atoms with Gasteiger partial charge in [-0.25, -0.2) is 9.37 Å². The van der Waals surface area contributed by atoms with Crippen LogP contribution >= 0.6 is 11.6 Å². The number of nitrogens with one attached hydrogen (secondary N) is 1. The van der Waals surface area contributed by atoms with Crippen molar-refractivity contribution < 1.29 is 9.50 Å². The molecule has 0 saturated carbocycles. The van der Waals surface area contributed by atoms with Crippen LogP contribution in [0, 0.1) is 5.82 Å². The van der Waals surface area contributed by atoms with Crippen molar-refractivity contribution >= 4 is 11.6 Å². The highest BCUT2D eigenvalue weighted by Gasteiger charge is 2.14. The lowest BCUT2D eigenvalue weighted by molar-refractivity contribution is 0.171. The van der Waals surface area contributed by atoms with Gasteiger partial charge in [-0.05, 0) is 18.2 Å². The van der Waals surface area contributed by atoms with E-state index < -0.39 is 11.9 Å². The van der Waals surface area contributed by atoms with Crippen LogP contribution in [-0.2, 0) is 6.42 Å². The minimum Gasteiger partial charge on any atom is -0.388 e. The van der Waals surface area contributed by atoms with E-state index in [2.05, 4.69) is 9.97 Å². The minimum atomic E-state index is -0.954. The predicted octanol–water partition coefficient (Wildman–Crippen LogP) is 2.48. The molecule has 2 rings (SSSR count). The number of aliphatic hydroxyl groups is 1. The first kappa shape index (κ1) is 11.1. The van der Waals surface area contributed by atoms with Crippen molar-refractivity contribution in [2.75, 3.05) is 0 Å². The van der Waals surface area contributed by atoms with Gasteiger partial charge in [0.15, 0.2) is 0 Å². The molecule has 84 valence electrons. The summed E-state index contributed by atoms with van der Waals surface area (Å²) < 4.78 is 13.4. The quantitative estimate of drug-likeness (QED) is 0.866. The summed E-state index contributed by atoms with van der Waals surface area (Å²) >= 11 is 5.74. The van der Waals surface area contributed by atoms with Crippen molar-refractivity contribution in [3.63, 3.8) is 0 Å². The van der Waals surface area contributed by atoms with Crippen molar-refractivity contribution in [3.05, 3.63) is 52.8 Å². The number of aromatic amines is 1. The lowest BCUT2D eigenvalue weighted by atomic mass is 10.1. The molecule has 1 atom stereocenters. The van der Waals surface area contributed by atoms with Crippen molar-refractivity contribution in [3.8, 4) is 0 Å². The molecule has 0 fully saturated rings. The zero-order valence-electron chi connectivity index (χ0n) is 8.32. The Hall–Kier alpha value is -1.39. The Kier molecular flexibility index (Phi) is 3.22. The van der Waals surface area contributed by atoms with Gasteiger partial charge in [-0.1, -0.05) is 11.6 Å². The van der Waals surface area contributed by atoms with Crippen molar-refractivity contribution in [1.82, 2.24) is 9.97 Å². The molecule has 1 aromatic heterocycles. The van der Waals surface area contributed by atoms with Gasteiger partial charge >= 0.3 is 0 Å². The van der Waals surface area contributed by atoms with Crippen LogP contribution in [0.5, 0.6) is 0 Å². The fourth-order valence-corrected chi connectivity index (χ4v) is 1.65. The Labute approximate surface area is 96.9 Å². The predicted molar refractivity (Wildman–Crippen MR) is 58.7 cm³/mol. The van der Waals surface area contributed by atoms with Gasteiger partial charge in [0, 0.05) is 29.4 Å². The van der Waals surface area contributed by atoms with Crippen LogP contribution in [0.2, 0.25) is 5.02 Å². The molecule has 0 amide bonds. The Morgan fingerprint density at radius 1 is 1.50 bits per heavy atom. The number of imidazole rings is 1. The average Bonchev–Trinajstić information content (AvgIpc) is 2.74. The molecular formula is C11H10ClFN2O. The molecule has 1 heterocycles. The fraction of sp³-hybridized carbons (Fsp3) is 0.182. The molecule has 1 unspecified atom stereocenters. The zero-order chi connectivity index (χ0) is 11.5. The highest BCUT2D eigenvalue weighted by molar-refractivity contribution is 6.30. The largest absolute Gasteiger partial charge is 0.388 e. The molecule has 0 aliphatic carbocycles. The number of H-pyrrole nitrogens is 1. The molecule has 2 N–H and O–H groups in total. The van der Waals surface area contributed by atoms with Gasteiger partial charge in [-0.3, -0.25) is 0 Å². The van der Waals surface area contributed by atoms with E-state index in [9.17, 15) is 9.50 Å². The maximum Gasteiger partial charge on any atom is 0.129 e. The second-order valence-electron chi connectivity index (χ2n) is 3.42. The second kappa shape index (κ2) is 4.63. The molecule has 0 saturated heterocycles. The van der Waals surface area contributed by atoms with Crippen LogP contribution in [0.4, 0.5) is 4.39 Å². The molecule has 2 aromatic rings. The Morgan fingerprint density at radius 3 is 3.00 bits per heavy atom. The summed E-state index contributed by atoms with van der Waals surface area (Å²) in [6.07, 6.45) is 2.50. The van der Waals surface area contributed by atoms with Crippen LogP contribution in [0.1, 0.15) is 17.5 Å². The van der Waals surface area contributed by atoms with Gasteiger partial charge in [-0.2, -0.15) is 0 Å². The summed E-state index contributed by atoms with van der Waals surface area (Å²) in [5, 5.41) is 10.2. The molecule has 16 heavy (non-hydrogen) atoms. The third kappa shape index (κ3) is 2.40. The summed E-state index contributed by atoms with van der Waals surface area (Å²) in [6, 6.07) is 4.10. The molecule has 0 aliphatic heterocycles. The molecule has 0 radical (unpaired) electrons. The molecular weight excluding hydrogens is 231 g/mol. The number of rotatable bonds is 3. The summed E-state index contributed by atoms with van der Waals surface area (Å²) in [5.41, 5.74) is 0.184. The second-order valence-corrected chi connectivity index (χ2v) is 3.86. The SMILES string of the molecule is OC(Cc1ncc[nH]1)c1cc(Cl)ccc1F. The molecule has 3 nitrogen and oxygen atoms in total. The van der Waals surface area contributed by atoms with E-state index in [-0.39, 0.29) is 12.0 Å². The first-order chi connectivity index (χ1) is 7.66. The van der Waals surface area contributed by atoms with Crippen molar-refractivity contribution in [2.24, 2.45) is 0 Å². The number of benzene rings is 1. The van der Waals surface area contributed by atoms with Gasteiger partial charge in [0.1, 0.15) is 11.6 Å². The summed E-state index contributed by atoms with van der Waals surface area (Å²) in [5.74, 6) is 0.135. The lowest BCUT2D eigenvalue weighted by Crippen LogP contribution is -2.05. The monoisotopic (exact) mass is 240 g/mol. The molecule has 1 aromatic carbocycles. The van der Waals surface area contributed by atoms with E-state index in [4.69, 9.17) is 11.6 Å². The van der Waals surface area contributed by atoms with E-state index >= 15 is 0 Å². The molecule has 0 spiro atoms. The standard InChI is InChI=1S/C11H10ClFN2O/c12-7-1-2-9(13)8(5-7)10(16)6-11-14-3-4-15-11/h1-5,10,16H,6H2,(H,14,15). The van der Waals surface area contributed by atoms with E-state index in [1.165, 1.54) is 18.2 Å². The third-order valence-electron chi connectivity index (χ3n) is 2.26. The lowest BCUT2D eigenvalue weighted by Gasteiger charge is -2.10.